The van der Waals surface area contributed by atoms with Crippen molar-refractivity contribution in [1.29, 1.82) is 0 Å². The summed E-state index contributed by atoms with van der Waals surface area (Å²) in [7, 11) is 2.10. The number of benzene rings is 1. The van der Waals surface area contributed by atoms with Crippen LogP contribution in [0.25, 0.3) is 0 Å². The molecule has 0 radical (unpaired) electrons. The second-order valence-corrected chi connectivity index (χ2v) is 9.13. The first-order chi connectivity index (χ1) is 13.3. The van der Waals surface area contributed by atoms with Gasteiger partial charge in [-0.1, -0.05) is 19.9 Å². The summed E-state index contributed by atoms with van der Waals surface area (Å²) in [5, 5.41) is -0.612. The highest BCUT2D eigenvalue weighted by Gasteiger charge is 2.43. The lowest BCUT2D eigenvalue weighted by Crippen LogP contribution is -3.12. The molecule has 2 heterocycles. The van der Waals surface area contributed by atoms with Crippen molar-refractivity contribution in [2.24, 2.45) is 5.92 Å². The minimum absolute atomic E-state index is 0.0652. The number of thioether (sulfide) groups is 1. The zero-order valence-electron chi connectivity index (χ0n) is 16.6. The van der Waals surface area contributed by atoms with E-state index in [-0.39, 0.29) is 29.0 Å². The summed E-state index contributed by atoms with van der Waals surface area (Å²) < 4.78 is 27.8. The molecule has 2 saturated heterocycles. The van der Waals surface area contributed by atoms with Gasteiger partial charge in [0.2, 0.25) is 11.8 Å². The molecule has 0 unspecified atom stereocenters. The number of halogens is 2. The van der Waals surface area contributed by atoms with Crippen LogP contribution in [0, 0.1) is 17.6 Å². The molecule has 2 amide bonds. The topological polar surface area (TPSA) is 45.1 Å². The van der Waals surface area contributed by atoms with Crippen molar-refractivity contribution in [3.63, 3.8) is 0 Å². The predicted molar refractivity (Wildman–Crippen MR) is 105 cm³/mol. The lowest BCUT2D eigenvalue weighted by molar-refractivity contribution is -0.883. The van der Waals surface area contributed by atoms with Gasteiger partial charge in [-0.15, -0.1) is 11.8 Å². The third kappa shape index (κ3) is 4.49. The number of amides is 2. The lowest BCUT2D eigenvalue weighted by atomic mass is 9.99. The number of carbonyl (C=O) groups excluding carboxylic acids is 2. The van der Waals surface area contributed by atoms with Gasteiger partial charge in [-0.2, -0.15) is 0 Å². The van der Waals surface area contributed by atoms with Crippen molar-refractivity contribution < 1.29 is 23.3 Å². The molecule has 1 N–H and O–H groups in total. The first kappa shape index (κ1) is 21.0. The van der Waals surface area contributed by atoms with Crippen LogP contribution in [0.3, 0.4) is 0 Å². The van der Waals surface area contributed by atoms with E-state index in [2.05, 4.69) is 7.05 Å². The van der Waals surface area contributed by atoms with E-state index in [1.807, 2.05) is 18.7 Å². The van der Waals surface area contributed by atoms with Crippen molar-refractivity contribution in [3.05, 3.63) is 35.4 Å². The second kappa shape index (κ2) is 8.78. The van der Waals surface area contributed by atoms with Gasteiger partial charge in [-0.3, -0.25) is 9.59 Å². The van der Waals surface area contributed by atoms with Crippen molar-refractivity contribution in [1.82, 2.24) is 9.80 Å². The summed E-state index contributed by atoms with van der Waals surface area (Å²) in [4.78, 5) is 30.8. The first-order valence-corrected chi connectivity index (χ1v) is 10.8. The summed E-state index contributed by atoms with van der Waals surface area (Å²) >= 11 is 1.29. The van der Waals surface area contributed by atoms with Crippen LogP contribution in [0.2, 0.25) is 0 Å². The Morgan fingerprint density at radius 1 is 1.29 bits per heavy atom. The molecule has 28 heavy (non-hydrogen) atoms. The summed E-state index contributed by atoms with van der Waals surface area (Å²) in [6.07, 6.45) is 0.518. The van der Waals surface area contributed by atoms with Gasteiger partial charge < -0.3 is 14.7 Å². The fourth-order valence-electron chi connectivity index (χ4n) is 3.81. The van der Waals surface area contributed by atoms with Crippen LogP contribution in [0.1, 0.15) is 31.2 Å². The first-order valence-electron chi connectivity index (χ1n) is 9.75. The van der Waals surface area contributed by atoms with Gasteiger partial charge in [-0.05, 0) is 18.4 Å². The van der Waals surface area contributed by atoms with E-state index in [1.165, 1.54) is 33.7 Å². The lowest BCUT2D eigenvalue weighted by Gasteiger charge is -2.38. The third-order valence-corrected chi connectivity index (χ3v) is 6.59. The number of piperazine rings is 1. The van der Waals surface area contributed by atoms with E-state index in [0.29, 0.717) is 19.5 Å². The van der Waals surface area contributed by atoms with Crippen molar-refractivity contribution in [2.45, 2.75) is 31.7 Å². The van der Waals surface area contributed by atoms with E-state index in [0.717, 1.165) is 19.2 Å². The average Bonchev–Trinajstić information content (AvgIpc) is 3.01. The van der Waals surface area contributed by atoms with Gasteiger partial charge in [0.25, 0.3) is 0 Å². The Labute approximate surface area is 169 Å². The molecule has 0 aliphatic carbocycles. The highest BCUT2D eigenvalue weighted by Crippen LogP contribution is 2.42. The molecule has 2 aliphatic heterocycles. The normalized spacial score (nSPS) is 22.2. The van der Waals surface area contributed by atoms with E-state index in [4.69, 9.17) is 0 Å². The number of carbonyl (C=O) groups is 2. The van der Waals surface area contributed by atoms with E-state index < -0.39 is 23.1 Å². The Morgan fingerprint density at radius 2 is 1.96 bits per heavy atom. The number of nitrogens with one attached hydrogen (secondary N) is 1. The van der Waals surface area contributed by atoms with Crippen LogP contribution >= 0.6 is 11.8 Å². The molecule has 1 aromatic rings. The van der Waals surface area contributed by atoms with Gasteiger partial charge in [0.1, 0.15) is 23.1 Å². The number of nitrogens with zero attached hydrogens (tertiary/aromatic N) is 2. The molecule has 2 aliphatic rings. The molecule has 154 valence electrons. The Bertz CT molecular complexity index is 738. The predicted octanol–water partition coefficient (Wildman–Crippen LogP) is 1.31. The fourth-order valence-corrected chi connectivity index (χ4v) is 5.06. The average molecular weight is 413 g/mol. The van der Waals surface area contributed by atoms with E-state index in [9.17, 15) is 18.4 Å². The van der Waals surface area contributed by atoms with Gasteiger partial charge in [0, 0.05) is 11.6 Å². The molecule has 2 fully saturated rings. The maximum absolute atomic E-state index is 14.4. The highest BCUT2D eigenvalue weighted by atomic mass is 32.2. The van der Waals surface area contributed by atoms with Gasteiger partial charge in [0.15, 0.2) is 0 Å². The molecular formula is C20H28F2N3O2S+. The molecule has 0 aromatic heterocycles. The maximum Gasteiger partial charge on any atom is 0.245 e. The molecule has 1 aromatic carbocycles. The summed E-state index contributed by atoms with van der Waals surface area (Å²) in [6, 6.07) is 2.78. The number of hydrogen-bond acceptors (Lipinski definition) is 3. The molecule has 0 saturated carbocycles. The minimum atomic E-state index is -0.684. The Morgan fingerprint density at radius 3 is 2.57 bits per heavy atom. The number of likely N-dealkylation sites (N-methyl/N-ethyl adjacent to an activating group) is 1. The Balaban J connectivity index is 1.90. The fraction of sp³-hybridized carbons (Fsp3) is 0.600. The van der Waals surface area contributed by atoms with Crippen LogP contribution in [0.15, 0.2) is 18.2 Å². The van der Waals surface area contributed by atoms with Crippen LogP contribution in [0.4, 0.5) is 8.78 Å². The second-order valence-electron chi connectivity index (χ2n) is 8.06. The molecule has 0 bridgehead atoms. The Hall–Kier alpha value is -1.67. The molecule has 8 heteroatoms. The molecule has 2 atom stereocenters. The van der Waals surface area contributed by atoms with Crippen molar-refractivity contribution in [3.8, 4) is 0 Å². The van der Waals surface area contributed by atoms with Crippen molar-refractivity contribution in [2.75, 3.05) is 39.0 Å². The van der Waals surface area contributed by atoms with Crippen LogP contribution < -0.4 is 4.90 Å². The summed E-state index contributed by atoms with van der Waals surface area (Å²) in [6.45, 7) is 7.08. The number of quaternary nitrogens is 1. The standard InChI is InChI=1S/C20H27F2N3O2S/c1-13(2)10-17(19(27)24-8-6-23(3)7-9-24)25-18(26)12-28-20(25)15-5-4-14(21)11-16(15)22/h4-5,11,13,17,20H,6-10,12H2,1-3H3/p+1/t17-,20+/m1/s1. The molecule has 3 rings (SSSR count). The Kier molecular flexibility index (Phi) is 6.60. The van der Waals surface area contributed by atoms with Gasteiger partial charge >= 0.3 is 0 Å². The molecule has 5 nitrogen and oxygen atoms in total. The van der Waals surface area contributed by atoms with Gasteiger partial charge in [-0.25, -0.2) is 8.78 Å². The largest absolute Gasteiger partial charge is 0.334 e. The summed E-state index contributed by atoms with van der Waals surface area (Å²) in [5.41, 5.74) is 0.252. The van der Waals surface area contributed by atoms with Crippen LogP contribution in [-0.4, -0.2) is 66.6 Å². The zero-order chi connectivity index (χ0) is 20.4. The zero-order valence-corrected chi connectivity index (χ0v) is 17.4. The smallest absolute Gasteiger partial charge is 0.245 e. The van der Waals surface area contributed by atoms with Crippen molar-refractivity contribution >= 4 is 23.6 Å². The quantitative estimate of drug-likeness (QED) is 0.793. The van der Waals surface area contributed by atoms with Gasteiger partial charge in [0.05, 0.1) is 39.0 Å². The van der Waals surface area contributed by atoms with Crippen LogP contribution in [0.5, 0.6) is 0 Å². The monoisotopic (exact) mass is 412 g/mol. The van der Waals surface area contributed by atoms with E-state index >= 15 is 0 Å². The maximum atomic E-state index is 14.4. The van der Waals surface area contributed by atoms with Crippen LogP contribution in [-0.2, 0) is 9.59 Å². The molecule has 0 spiro atoms. The third-order valence-electron chi connectivity index (χ3n) is 5.38. The number of rotatable bonds is 5. The highest BCUT2D eigenvalue weighted by molar-refractivity contribution is 8.00. The summed E-state index contributed by atoms with van der Waals surface area (Å²) in [5.74, 6) is -1.19. The minimum Gasteiger partial charge on any atom is -0.334 e. The van der Waals surface area contributed by atoms with E-state index in [1.54, 1.807) is 0 Å². The SMILES string of the molecule is CC(C)C[C@H](C(=O)N1CC[NH+](C)CC1)N1C(=O)CS[C@H]1c1ccc(F)cc1F. The molecular weight excluding hydrogens is 384 g/mol. The number of hydrogen-bond donors (Lipinski definition) is 1.